The van der Waals surface area contributed by atoms with Gasteiger partial charge in [-0.1, -0.05) is 24.8 Å². The molecule has 0 N–H and O–H groups in total. The average Bonchev–Trinajstić information content (AvgIpc) is 2.79. The summed E-state index contributed by atoms with van der Waals surface area (Å²) in [4.78, 5) is 28.3. The normalized spacial score (nSPS) is 19.7. The number of nitrogens with zero attached hydrogens (tertiary/aromatic N) is 2. The van der Waals surface area contributed by atoms with Gasteiger partial charge < -0.3 is 9.64 Å². The standard InChI is InChI=1S/C16H18N2O3/c1-11-13-5-3-4-6-14(13)16(20)18(11)12(2)15(19)17-7-9-21-10-8-17/h3-6,12H,1,7-10H2,2H3. The lowest BCUT2D eigenvalue weighted by Crippen LogP contribution is -2.50. The minimum atomic E-state index is -0.546. The van der Waals surface area contributed by atoms with E-state index in [4.69, 9.17) is 4.74 Å². The second kappa shape index (κ2) is 5.33. The van der Waals surface area contributed by atoms with Crippen molar-refractivity contribution in [2.24, 2.45) is 0 Å². The van der Waals surface area contributed by atoms with E-state index in [0.717, 1.165) is 5.56 Å². The maximum absolute atomic E-state index is 12.6. The molecule has 1 aromatic rings. The third-order valence-electron chi connectivity index (χ3n) is 4.05. The molecule has 0 radical (unpaired) electrons. The van der Waals surface area contributed by atoms with Crippen molar-refractivity contribution in [2.75, 3.05) is 26.3 Å². The molecule has 1 aromatic carbocycles. The quantitative estimate of drug-likeness (QED) is 0.825. The number of rotatable bonds is 2. The summed E-state index contributed by atoms with van der Waals surface area (Å²) >= 11 is 0. The summed E-state index contributed by atoms with van der Waals surface area (Å²) in [5.74, 6) is -0.203. The van der Waals surface area contributed by atoms with Crippen LogP contribution in [0, 0.1) is 0 Å². The van der Waals surface area contributed by atoms with Crippen molar-refractivity contribution >= 4 is 17.5 Å². The molecule has 1 saturated heterocycles. The Balaban J connectivity index is 1.83. The molecule has 2 amide bonds. The van der Waals surface area contributed by atoms with E-state index in [1.54, 1.807) is 17.9 Å². The van der Waals surface area contributed by atoms with Crippen LogP contribution in [0.4, 0.5) is 0 Å². The number of benzene rings is 1. The van der Waals surface area contributed by atoms with Crippen LogP contribution in [0.5, 0.6) is 0 Å². The number of carbonyl (C=O) groups is 2. The summed E-state index contributed by atoms with van der Waals surface area (Å²) in [5, 5.41) is 0. The molecule has 0 aromatic heterocycles. The molecule has 1 unspecified atom stereocenters. The fraction of sp³-hybridized carbons (Fsp3) is 0.375. The molecule has 110 valence electrons. The second-order valence-electron chi connectivity index (χ2n) is 5.28. The van der Waals surface area contributed by atoms with Crippen LogP contribution in [0.15, 0.2) is 30.8 Å². The number of hydrogen-bond donors (Lipinski definition) is 0. The SMILES string of the molecule is C=C1c2ccccc2C(=O)N1C(C)C(=O)N1CCOCC1. The monoisotopic (exact) mass is 286 g/mol. The Morgan fingerprint density at radius 3 is 2.48 bits per heavy atom. The largest absolute Gasteiger partial charge is 0.378 e. The number of ether oxygens (including phenoxy) is 1. The van der Waals surface area contributed by atoms with E-state index in [2.05, 4.69) is 6.58 Å². The van der Waals surface area contributed by atoms with E-state index in [-0.39, 0.29) is 11.8 Å². The molecule has 2 heterocycles. The van der Waals surface area contributed by atoms with Gasteiger partial charge in [0.25, 0.3) is 5.91 Å². The van der Waals surface area contributed by atoms with Gasteiger partial charge in [0, 0.05) is 29.9 Å². The molecule has 5 nitrogen and oxygen atoms in total. The average molecular weight is 286 g/mol. The smallest absolute Gasteiger partial charge is 0.259 e. The number of hydrogen-bond acceptors (Lipinski definition) is 3. The van der Waals surface area contributed by atoms with E-state index >= 15 is 0 Å². The van der Waals surface area contributed by atoms with Crippen LogP contribution in [-0.2, 0) is 9.53 Å². The molecule has 0 bridgehead atoms. The van der Waals surface area contributed by atoms with Crippen LogP contribution in [0.25, 0.3) is 5.70 Å². The molecule has 5 heteroatoms. The Kier molecular flexibility index (Phi) is 3.51. The highest BCUT2D eigenvalue weighted by molar-refractivity contribution is 6.10. The molecular weight excluding hydrogens is 268 g/mol. The van der Waals surface area contributed by atoms with Crippen LogP contribution in [0.1, 0.15) is 22.8 Å². The van der Waals surface area contributed by atoms with Crippen molar-refractivity contribution < 1.29 is 14.3 Å². The number of morpholine rings is 1. The Hall–Kier alpha value is -2.14. The van der Waals surface area contributed by atoms with Crippen molar-refractivity contribution in [3.63, 3.8) is 0 Å². The zero-order chi connectivity index (χ0) is 15.0. The Labute approximate surface area is 123 Å². The van der Waals surface area contributed by atoms with Gasteiger partial charge in [0.05, 0.1) is 13.2 Å². The van der Waals surface area contributed by atoms with Gasteiger partial charge in [0.1, 0.15) is 6.04 Å². The lowest BCUT2D eigenvalue weighted by molar-refractivity contribution is -0.138. The molecule has 2 aliphatic heterocycles. The van der Waals surface area contributed by atoms with Gasteiger partial charge >= 0.3 is 0 Å². The highest BCUT2D eigenvalue weighted by Gasteiger charge is 2.38. The van der Waals surface area contributed by atoms with Crippen molar-refractivity contribution in [3.05, 3.63) is 42.0 Å². The van der Waals surface area contributed by atoms with Gasteiger partial charge in [0.2, 0.25) is 5.91 Å². The van der Waals surface area contributed by atoms with E-state index < -0.39 is 6.04 Å². The highest BCUT2D eigenvalue weighted by atomic mass is 16.5. The van der Waals surface area contributed by atoms with Crippen LogP contribution in [0.3, 0.4) is 0 Å². The molecule has 0 spiro atoms. The summed E-state index contributed by atoms with van der Waals surface area (Å²) in [6.07, 6.45) is 0. The topological polar surface area (TPSA) is 49.9 Å². The minimum Gasteiger partial charge on any atom is -0.378 e. The maximum Gasteiger partial charge on any atom is 0.259 e. The van der Waals surface area contributed by atoms with Gasteiger partial charge in [0.15, 0.2) is 0 Å². The number of carbonyl (C=O) groups excluding carboxylic acids is 2. The second-order valence-corrected chi connectivity index (χ2v) is 5.28. The van der Waals surface area contributed by atoms with Crippen molar-refractivity contribution in [1.82, 2.24) is 9.80 Å². The van der Waals surface area contributed by atoms with Crippen LogP contribution in [-0.4, -0.2) is 54.0 Å². The molecular formula is C16H18N2O3. The van der Waals surface area contributed by atoms with Crippen molar-refractivity contribution in [1.29, 1.82) is 0 Å². The molecule has 1 fully saturated rings. The van der Waals surface area contributed by atoms with Crippen LogP contribution < -0.4 is 0 Å². The summed E-state index contributed by atoms with van der Waals surface area (Å²) in [6, 6.07) is 6.78. The van der Waals surface area contributed by atoms with Crippen molar-refractivity contribution in [3.8, 4) is 0 Å². The lowest BCUT2D eigenvalue weighted by Gasteiger charge is -2.33. The summed E-state index contributed by atoms with van der Waals surface area (Å²) in [7, 11) is 0. The predicted molar refractivity (Wildman–Crippen MR) is 78.5 cm³/mol. The minimum absolute atomic E-state index is 0.0550. The Morgan fingerprint density at radius 2 is 1.86 bits per heavy atom. The molecule has 0 saturated carbocycles. The summed E-state index contributed by atoms with van der Waals surface area (Å²) < 4.78 is 5.26. The van der Waals surface area contributed by atoms with Gasteiger partial charge in [-0.2, -0.15) is 0 Å². The number of amides is 2. The Bertz CT molecular complexity index is 570. The molecule has 21 heavy (non-hydrogen) atoms. The third kappa shape index (κ3) is 2.23. The molecule has 2 aliphatic rings. The molecule has 0 aliphatic carbocycles. The van der Waals surface area contributed by atoms with Gasteiger partial charge in [-0.05, 0) is 13.0 Å². The third-order valence-corrected chi connectivity index (χ3v) is 4.05. The van der Waals surface area contributed by atoms with Crippen LogP contribution >= 0.6 is 0 Å². The molecule has 3 rings (SSSR count). The van der Waals surface area contributed by atoms with E-state index in [1.165, 1.54) is 4.90 Å². The van der Waals surface area contributed by atoms with Gasteiger partial charge in [-0.3, -0.25) is 14.5 Å². The fourth-order valence-electron chi connectivity index (χ4n) is 2.87. The first-order chi connectivity index (χ1) is 10.1. The van der Waals surface area contributed by atoms with E-state index in [0.29, 0.717) is 37.6 Å². The number of fused-ring (bicyclic) bond motifs is 1. The fourth-order valence-corrected chi connectivity index (χ4v) is 2.87. The predicted octanol–water partition coefficient (Wildman–Crippen LogP) is 1.36. The Morgan fingerprint density at radius 1 is 1.24 bits per heavy atom. The van der Waals surface area contributed by atoms with Gasteiger partial charge in [-0.25, -0.2) is 0 Å². The van der Waals surface area contributed by atoms with E-state index in [1.807, 2.05) is 18.2 Å². The first-order valence-corrected chi connectivity index (χ1v) is 7.09. The lowest BCUT2D eigenvalue weighted by atomic mass is 10.1. The zero-order valence-electron chi connectivity index (χ0n) is 12.0. The van der Waals surface area contributed by atoms with Gasteiger partial charge in [-0.15, -0.1) is 0 Å². The maximum atomic E-state index is 12.6. The van der Waals surface area contributed by atoms with Crippen LogP contribution in [0.2, 0.25) is 0 Å². The van der Waals surface area contributed by atoms with E-state index in [9.17, 15) is 9.59 Å². The summed E-state index contributed by atoms with van der Waals surface area (Å²) in [5.41, 5.74) is 2.03. The highest BCUT2D eigenvalue weighted by Crippen LogP contribution is 2.33. The zero-order valence-corrected chi connectivity index (χ0v) is 12.0. The van der Waals surface area contributed by atoms with Crippen molar-refractivity contribution in [2.45, 2.75) is 13.0 Å². The molecule has 1 atom stereocenters. The first kappa shape index (κ1) is 13.8. The first-order valence-electron chi connectivity index (χ1n) is 7.09. The summed E-state index contributed by atoms with van der Waals surface area (Å²) in [6.45, 7) is 7.99.